The molecule has 2 rings (SSSR count). The van der Waals surface area contributed by atoms with Gasteiger partial charge in [0.1, 0.15) is 5.75 Å². The van der Waals surface area contributed by atoms with Crippen molar-refractivity contribution in [2.75, 3.05) is 18.5 Å². The Morgan fingerprint density at radius 2 is 1.29 bits per heavy atom. The maximum absolute atomic E-state index is 5.88. The third kappa shape index (κ3) is 15.0. The predicted octanol–water partition coefficient (Wildman–Crippen LogP) is 9.03. The van der Waals surface area contributed by atoms with Gasteiger partial charge in [-0.2, -0.15) is 0 Å². The van der Waals surface area contributed by atoms with Crippen LogP contribution in [0, 0.1) is 0 Å². The van der Waals surface area contributed by atoms with Crippen molar-refractivity contribution in [1.29, 1.82) is 0 Å². The second-order valence-electron chi connectivity index (χ2n) is 9.76. The molecule has 4 nitrogen and oxygen atoms in total. The number of unbranched alkanes of at least 4 members (excludes halogenated alkanes) is 15. The van der Waals surface area contributed by atoms with E-state index in [2.05, 4.69) is 46.1 Å². The molecule has 2 aromatic rings. The molecule has 0 aliphatic rings. The summed E-state index contributed by atoms with van der Waals surface area (Å²) in [4.78, 5) is 4.07. The molecule has 0 saturated heterocycles. The number of anilines is 1. The molecule has 1 N–H and O–H groups in total. The van der Waals surface area contributed by atoms with Crippen molar-refractivity contribution in [3.63, 3.8) is 0 Å². The highest BCUT2D eigenvalue weighted by atomic mass is 16.5. The highest BCUT2D eigenvalue weighted by Crippen LogP contribution is 2.17. The number of ether oxygens (including phenoxy) is 1. The fraction of sp³-hybridized carbons (Fsp3) is 0.700. The number of hydrogen-bond donors (Lipinski definition) is 1. The topological polar surface area (TPSA) is 39.1 Å². The molecule has 0 unspecified atom stereocenters. The van der Waals surface area contributed by atoms with Gasteiger partial charge in [0.2, 0.25) is 0 Å². The Bertz CT molecular complexity index is 669. The van der Waals surface area contributed by atoms with E-state index in [0.717, 1.165) is 31.9 Å². The second kappa shape index (κ2) is 20.4. The fourth-order valence-corrected chi connectivity index (χ4v) is 4.40. The van der Waals surface area contributed by atoms with Crippen LogP contribution in [0.25, 0.3) is 0 Å². The van der Waals surface area contributed by atoms with E-state index < -0.39 is 0 Å². The van der Waals surface area contributed by atoms with Gasteiger partial charge in [0.15, 0.2) is 0 Å². The van der Waals surface area contributed by atoms with Crippen molar-refractivity contribution in [3.8, 4) is 5.75 Å². The van der Waals surface area contributed by atoms with Crippen LogP contribution in [0.5, 0.6) is 5.75 Å². The van der Waals surface area contributed by atoms with Crippen molar-refractivity contribution in [3.05, 3.63) is 43.0 Å². The Morgan fingerprint density at radius 1 is 0.706 bits per heavy atom. The van der Waals surface area contributed by atoms with Crippen LogP contribution in [0.1, 0.15) is 116 Å². The van der Waals surface area contributed by atoms with Gasteiger partial charge in [-0.1, -0.05) is 90.4 Å². The monoisotopic (exact) mass is 469 g/mol. The lowest BCUT2D eigenvalue weighted by Gasteiger charge is -2.09. The first-order chi connectivity index (χ1) is 16.9. The predicted molar refractivity (Wildman–Crippen MR) is 147 cm³/mol. The molecular formula is C30H51N3O. The van der Waals surface area contributed by atoms with E-state index in [0.29, 0.717) is 0 Å². The van der Waals surface area contributed by atoms with Gasteiger partial charge in [0.25, 0.3) is 0 Å². The van der Waals surface area contributed by atoms with Crippen LogP contribution in [0.3, 0.4) is 0 Å². The first-order valence-electron chi connectivity index (χ1n) is 14.3. The Balaban J connectivity index is 1.34. The summed E-state index contributed by atoms with van der Waals surface area (Å²) in [5.41, 5.74) is 1.20. The van der Waals surface area contributed by atoms with Crippen molar-refractivity contribution in [2.24, 2.45) is 0 Å². The minimum absolute atomic E-state index is 0.787. The molecule has 0 amide bonds. The van der Waals surface area contributed by atoms with Crippen LogP contribution < -0.4 is 10.1 Å². The standard InChI is InChI=1S/C30H51N3O/c1-2-3-4-5-6-7-8-9-10-11-12-13-14-16-23-32-29-19-21-30(22-20-29)34-27-18-15-17-25-33-26-24-31-28-33/h19-22,24,26,28,32H,2-18,23,25,27H2,1H3. The third-order valence-electron chi connectivity index (χ3n) is 6.60. The summed E-state index contributed by atoms with van der Waals surface area (Å²) in [6, 6.07) is 8.44. The molecule has 1 aromatic heterocycles. The minimum Gasteiger partial charge on any atom is -0.494 e. The quantitative estimate of drug-likeness (QED) is 0.165. The fourth-order valence-electron chi connectivity index (χ4n) is 4.40. The van der Waals surface area contributed by atoms with E-state index in [-0.39, 0.29) is 0 Å². The van der Waals surface area contributed by atoms with E-state index in [1.54, 1.807) is 0 Å². The van der Waals surface area contributed by atoms with E-state index >= 15 is 0 Å². The highest BCUT2D eigenvalue weighted by Gasteiger charge is 1.98. The molecule has 192 valence electrons. The van der Waals surface area contributed by atoms with Gasteiger partial charge in [0.05, 0.1) is 12.9 Å². The van der Waals surface area contributed by atoms with Gasteiger partial charge < -0.3 is 14.6 Å². The Kier molecular flexibility index (Phi) is 17.0. The zero-order chi connectivity index (χ0) is 23.9. The molecule has 0 bridgehead atoms. The van der Waals surface area contributed by atoms with Crippen molar-refractivity contribution >= 4 is 5.69 Å². The maximum Gasteiger partial charge on any atom is 0.119 e. The van der Waals surface area contributed by atoms with Crippen molar-refractivity contribution in [1.82, 2.24) is 9.55 Å². The molecule has 34 heavy (non-hydrogen) atoms. The molecule has 0 atom stereocenters. The smallest absolute Gasteiger partial charge is 0.119 e. The molecular weight excluding hydrogens is 418 g/mol. The molecule has 0 fully saturated rings. The first kappa shape index (κ1) is 28.3. The number of hydrogen-bond acceptors (Lipinski definition) is 3. The number of aromatic nitrogens is 2. The lowest BCUT2D eigenvalue weighted by molar-refractivity contribution is 0.304. The summed E-state index contributed by atoms with van der Waals surface area (Å²) in [5.74, 6) is 0.969. The molecule has 0 radical (unpaired) electrons. The van der Waals surface area contributed by atoms with Gasteiger partial charge in [-0.05, 0) is 49.9 Å². The molecule has 0 saturated carbocycles. The normalized spacial score (nSPS) is 11.1. The summed E-state index contributed by atoms with van der Waals surface area (Å²) >= 11 is 0. The van der Waals surface area contributed by atoms with E-state index in [1.165, 1.54) is 108 Å². The Labute approximate surface area is 209 Å². The van der Waals surface area contributed by atoms with E-state index in [1.807, 2.05) is 18.7 Å². The molecule has 0 aliphatic heterocycles. The van der Waals surface area contributed by atoms with Crippen molar-refractivity contribution in [2.45, 2.75) is 123 Å². The number of aryl methyl sites for hydroxylation is 1. The molecule has 1 aromatic carbocycles. The molecule has 0 spiro atoms. The number of imidazole rings is 1. The van der Waals surface area contributed by atoms with Crippen LogP contribution in [-0.2, 0) is 6.54 Å². The zero-order valence-corrected chi connectivity index (χ0v) is 22.0. The van der Waals surface area contributed by atoms with Gasteiger partial charge >= 0.3 is 0 Å². The minimum atomic E-state index is 0.787. The van der Waals surface area contributed by atoms with Crippen LogP contribution in [-0.4, -0.2) is 22.7 Å². The SMILES string of the molecule is CCCCCCCCCCCCCCCCNc1ccc(OCCCCCn2ccnc2)cc1. The van der Waals surface area contributed by atoms with E-state index in [9.17, 15) is 0 Å². The number of nitrogens with one attached hydrogen (secondary N) is 1. The summed E-state index contributed by atoms with van der Waals surface area (Å²) in [6.45, 7) is 5.19. The van der Waals surface area contributed by atoms with Crippen molar-refractivity contribution < 1.29 is 4.74 Å². The van der Waals surface area contributed by atoms with Gasteiger partial charge in [-0.15, -0.1) is 0 Å². The second-order valence-corrected chi connectivity index (χ2v) is 9.76. The zero-order valence-electron chi connectivity index (χ0n) is 22.0. The molecule has 1 heterocycles. The van der Waals surface area contributed by atoms with Crippen LogP contribution >= 0.6 is 0 Å². The average molecular weight is 470 g/mol. The third-order valence-corrected chi connectivity index (χ3v) is 6.60. The average Bonchev–Trinajstić information content (AvgIpc) is 3.38. The van der Waals surface area contributed by atoms with Crippen LogP contribution in [0.2, 0.25) is 0 Å². The summed E-state index contributed by atoms with van der Waals surface area (Å²) in [5, 5.41) is 3.55. The molecule has 0 aliphatic carbocycles. The Hall–Kier alpha value is -1.97. The van der Waals surface area contributed by atoms with Gasteiger partial charge in [-0.25, -0.2) is 4.98 Å². The number of benzene rings is 1. The summed E-state index contributed by atoms with van der Waals surface area (Å²) in [7, 11) is 0. The summed E-state index contributed by atoms with van der Waals surface area (Å²) < 4.78 is 8.01. The molecule has 4 heteroatoms. The highest BCUT2D eigenvalue weighted by molar-refractivity contribution is 5.46. The van der Waals surface area contributed by atoms with Crippen LogP contribution in [0.4, 0.5) is 5.69 Å². The largest absolute Gasteiger partial charge is 0.494 e. The lowest BCUT2D eigenvalue weighted by atomic mass is 10.0. The van der Waals surface area contributed by atoms with Crippen LogP contribution in [0.15, 0.2) is 43.0 Å². The Morgan fingerprint density at radius 3 is 1.88 bits per heavy atom. The maximum atomic E-state index is 5.88. The summed E-state index contributed by atoms with van der Waals surface area (Å²) in [6.07, 6.45) is 28.9. The first-order valence-corrected chi connectivity index (χ1v) is 14.3. The van der Waals surface area contributed by atoms with Gasteiger partial charge in [0, 0.05) is 31.2 Å². The number of rotatable bonds is 23. The van der Waals surface area contributed by atoms with Gasteiger partial charge in [-0.3, -0.25) is 0 Å². The van der Waals surface area contributed by atoms with E-state index in [4.69, 9.17) is 4.74 Å². The lowest BCUT2D eigenvalue weighted by Crippen LogP contribution is -2.02. The number of nitrogens with zero attached hydrogens (tertiary/aromatic N) is 2.